The highest BCUT2D eigenvalue weighted by Gasteiger charge is 2.43. The second kappa shape index (κ2) is 13.7. The van der Waals surface area contributed by atoms with E-state index in [0.29, 0.717) is 40.5 Å². The Labute approximate surface area is 240 Å². The number of ketones is 1. The molecule has 0 bridgehead atoms. The standard InChI is InChI=1S/C30H39BrO7S/c1-19(13-15-37-22(4)32)16-24(38-23(5)33)17-20(2)18-28(29-21(3)26(34)12-14-30(29,6)7)39(35,36)27-11-9-8-10-25(27)31/h8-11,13,17,24,28H,12,14-16,18H2,1-7H3/b19-13+,20-17+. The van der Waals surface area contributed by atoms with Gasteiger partial charge in [0.15, 0.2) is 15.6 Å². The lowest BCUT2D eigenvalue weighted by atomic mass is 9.70. The zero-order valence-corrected chi connectivity index (χ0v) is 26.2. The molecule has 2 unspecified atom stereocenters. The Balaban J connectivity index is 2.56. The minimum atomic E-state index is -3.92. The molecule has 0 saturated carbocycles. The molecule has 0 fully saturated rings. The van der Waals surface area contributed by atoms with Crippen molar-refractivity contribution in [3.05, 3.63) is 63.2 Å². The van der Waals surface area contributed by atoms with Crippen molar-refractivity contribution in [3.63, 3.8) is 0 Å². The fraction of sp³-hybridized carbons (Fsp3) is 0.500. The molecule has 2 rings (SSSR count). The van der Waals surface area contributed by atoms with Crippen LogP contribution in [-0.4, -0.2) is 44.1 Å². The predicted octanol–water partition coefficient (Wildman–Crippen LogP) is 6.46. The molecule has 0 heterocycles. The summed E-state index contributed by atoms with van der Waals surface area (Å²) in [5.74, 6) is -0.895. The van der Waals surface area contributed by atoms with E-state index in [1.807, 2.05) is 27.7 Å². The number of carbonyl (C=O) groups is 3. The summed E-state index contributed by atoms with van der Waals surface area (Å²) < 4.78 is 39.4. The van der Waals surface area contributed by atoms with Crippen molar-refractivity contribution in [3.8, 4) is 0 Å². The lowest BCUT2D eigenvalue weighted by Crippen LogP contribution is -2.37. The van der Waals surface area contributed by atoms with E-state index in [4.69, 9.17) is 9.47 Å². The molecule has 0 spiro atoms. The SMILES string of the molecule is CC(=O)OC/C=C(\C)CC(/C=C(\C)CC(C1=C(C)C(=O)CCC1(C)C)S(=O)(=O)c1ccccc1Br)OC(C)=O. The first kappa shape index (κ1) is 32.7. The van der Waals surface area contributed by atoms with Crippen LogP contribution in [0.25, 0.3) is 0 Å². The average Bonchev–Trinajstić information content (AvgIpc) is 2.80. The number of hydrogen-bond donors (Lipinski definition) is 0. The quantitative estimate of drug-likeness (QED) is 0.206. The number of esters is 2. The number of halogens is 1. The van der Waals surface area contributed by atoms with E-state index < -0.39 is 38.5 Å². The van der Waals surface area contributed by atoms with Gasteiger partial charge in [-0.3, -0.25) is 14.4 Å². The van der Waals surface area contributed by atoms with Gasteiger partial charge in [-0.2, -0.15) is 0 Å². The van der Waals surface area contributed by atoms with Gasteiger partial charge in [-0.25, -0.2) is 8.42 Å². The molecule has 1 aromatic carbocycles. The van der Waals surface area contributed by atoms with Crippen LogP contribution >= 0.6 is 15.9 Å². The van der Waals surface area contributed by atoms with Crippen LogP contribution in [0.15, 0.2) is 68.1 Å². The number of allylic oxidation sites excluding steroid dienone is 2. The van der Waals surface area contributed by atoms with Gasteiger partial charge in [-0.1, -0.05) is 37.1 Å². The molecule has 0 saturated heterocycles. The molecule has 39 heavy (non-hydrogen) atoms. The lowest BCUT2D eigenvalue weighted by molar-refractivity contribution is -0.144. The first-order valence-electron chi connectivity index (χ1n) is 12.9. The van der Waals surface area contributed by atoms with Gasteiger partial charge >= 0.3 is 11.9 Å². The van der Waals surface area contributed by atoms with Crippen LogP contribution in [-0.2, 0) is 33.7 Å². The Hall–Kier alpha value is -2.52. The average molecular weight is 624 g/mol. The van der Waals surface area contributed by atoms with E-state index in [1.54, 1.807) is 43.3 Å². The molecule has 1 aliphatic rings. The Kier molecular flexibility index (Phi) is 11.5. The molecule has 214 valence electrons. The lowest BCUT2D eigenvalue weighted by Gasteiger charge is -2.38. The highest BCUT2D eigenvalue weighted by molar-refractivity contribution is 9.10. The molecular weight excluding hydrogens is 584 g/mol. The third kappa shape index (κ3) is 9.00. The van der Waals surface area contributed by atoms with Gasteiger partial charge in [0, 0.05) is 31.2 Å². The fourth-order valence-corrected chi connectivity index (χ4v) is 8.17. The summed E-state index contributed by atoms with van der Waals surface area (Å²) in [5.41, 5.74) is 2.19. The molecule has 2 atom stereocenters. The third-order valence-corrected chi connectivity index (χ3v) is 9.98. The Morgan fingerprint density at radius 2 is 1.69 bits per heavy atom. The molecule has 0 aromatic heterocycles. The van der Waals surface area contributed by atoms with Crippen molar-refractivity contribution in [1.29, 1.82) is 0 Å². The molecule has 0 aliphatic heterocycles. The van der Waals surface area contributed by atoms with Crippen LogP contribution < -0.4 is 0 Å². The third-order valence-electron chi connectivity index (χ3n) is 6.90. The zero-order chi connectivity index (χ0) is 29.5. The maximum atomic E-state index is 14.2. The minimum Gasteiger partial charge on any atom is -0.462 e. The molecule has 0 radical (unpaired) electrons. The normalized spacial score (nSPS) is 18.0. The van der Waals surface area contributed by atoms with Crippen LogP contribution in [0.5, 0.6) is 0 Å². The smallest absolute Gasteiger partial charge is 0.303 e. The second-order valence-corrected chi connectivity index (χ2v) is 13.7. The summed E-state index contributed by atoms with van der Waals surface area (Å²) in [6, 6.07) is 6.69. The molecule has 0 N–H and O–H groups in total. The van der Waals surface area contributed by atoms with E-state index in [0.717, 1.165) is 5.57 Å². The summed E-state index contributed by atoms with van der Waals surface area (Å²) in [4.78, 5) is 35.9. The van der Waals surface area contributed by atoms with Crippen molar-refractivity contribution in [2.24, 2.45) is 5.41 Å². The second-order valence-electron chi connectivity index (χ2n) is 10.7. The number of Topliss-reactive ketones (excluding diaryl/α,β-unsaturated/α-hetero) is 1. The predicted molar refractivity (Wildman–Crippen MR) is 155 cm³/mol. The number of benzene rings is 1. The van der Waals surface area contributed by atoms with Gasteiger partial charge in [-0.15, -0.1) is 0 Å². The summed E-state index contributed by atoms with van der Waals surface area (Å²) in [5, 5.41) is -0.981. The number of rotatable bonds is 11. The molecule has 9 heteroatoms. The maximum absolute atomic E-state index is 14.2. The van der Waals surface area contributed by atoms with Crippen molar-refractivity contribution < 1.29 is 32.3 Å². The number of sulfone groups is 1. The molecule has 1 aromatic rings. The molecular formula is C30H39BrO7S. The van der Waals surface area contributed by atoms with Gasteiger partial charge < -0.3 is 9.47 Å². The van der Waals surface area contributed by atoms with Crippen LogP contribution in [0.1, 0.15) is 74.1 Å². The van der Waals surface area contributed by atoms with E-state index >= 15 is 0 Å². The minimum absolute atomic E-state index is 0.0374. The van der Waals surface area contributed by atoms with Gasteiger partial charge in [-0.05, 0) is 90.4 Å². The molecule has 1 aliphatic carbocycles. The molecule has 7 nitrogen and oxygen atoms in total. The van der Waals surface area contributed by atoms with Gasteiger partial charge in [0.1, 0.15) is 12.7 Å². The first-order valence-corrected chi connectivity index (χ1v) is 15.3. The van der Waals surface area contributed by atoms with Crippen LogP contribution in [0.2, 0.25) is 0 Å². The van der Waals surface area contributed by atoms with E-state index in [9.17, 15) is 22.8 Å². The van der Waals surface area contributed by atoms with Crippen LogP contribution in [0, 0.1) is 5.41 Å². The van der Waals surface area contributed by atoms with E-state index in [2.05, 4.69) is 15.9 Å². The van der Waals surface area contributed by atoms with Crippen molar-refractivity contribution >= 4 is 43.5 Å². The van der Waals surface area contributed by atoms with Crippen LogP contribution in [0.3, 0.4) is 0 Å². The van der Waals surface area contributed by atoms with Crippen molar-refractivity contribution in [2.75, 3.05) is 6.61 Å². The summed E-state index contributed by atoms with van der Waals surface area (Å²) >= 11 is 3.40. The zero-order valence-electron chi connectivity index (χ0n) is 23.8. The van der Waals surface area contributed by atoms with Crippen molar-refractivity contribution in [2.45, 2.75) is 90.4 Å². The van der Waals surface area contributed by atoms with Crippen LogP contribution in [0.4, 0.5) is 0 Å². The number of hydrogen-bond acceptors (Lipinski definition) is 7. The first-order chi connectivity index (χ1) is 18.1. The number of carbonyl (C=O) groups excluding carboxylic acids is 3. The summed E-state index contributed by atoms with van der Waals surface area (Å²) in [6.07, 6.45) is 4.29. The Bertz CT molecular complexity index is 1300. The van der Waals surface area contributed by atoms with Gasteiger partial charge in [0.25, 0.3) is 0 Å². The maximum Gasteiger partial charge on any atom is 0.303 e. The van der Waals surface area contributed by atoms with E-state index in [-0.39, 0.29) is 23.7 Å². The fourth-order valence-electron chi connectivity index (χ4n) is 5.01. The largest absolute Gasteiger partial charge is 0.462 e. The molecule has 0 amide bonds. The number of ether oxygens (including phenoxy) is 2. The Morgan fingerprint density at radius 3 is 2.28 bits per heavy atom. The Morgan fingerprint density at radius 1 is 1.05 bits per heavy atom. The van der Waals surface area contributed by atoms with E-state index in [1.165, 1.54) is 13.8 Å². The van der Waals surface area contributed by atoms with Gasteiger partial charge in [0.05, 0.1) is 10.1 Å². The highest BCUT2D eigenvalue weighted by atomic mass is 79.9. The van der Waals surface area contributed by atoms with Crippen molar-refractivity contribution in [1.82, 2.24) is 0 Å². The summed E-state index contributed by atoms with van der Waals surface area (Å²) in [7, 11) is -3.92. The summed E-state index contributed by atoms with van der Waals surface area (Å²) in [6.45, 7) is 12.1. The highest BCUT2D eigenvalue weighted by Crippen LogP contribution is 2.45. The van der Waals surface area contributed by atoms with Gasteiger partial charge in [0.2, 0.25) is 0 Å². The topological polar surface area (TPSA) is 104 Å². The monoisotopic (exact) mass is 622 g/mol.